The van der Waals surface area contributed by atoms with Crippen molar-refractivity contribution in [2.75, 3.05) is 37.6 Å². The van der Waals surface area contributed by atoms with E-state index >= 15 is 0 Å². The first-order valence-electron chi connectivity index (χ1n) is 11.1. The van der Waals surface area contributed by atoms with E-state index in [1.807, 2.05) is 24.3 Å². The number of benzene rings is 3. The highest BCUT2D eigenvalue weighted by Crippen LogP contribution is 2.26. The fraction of sp³-hybridized carbons (Fsp3) is 0.240. The van der Waals surface area contributed by atoms with E-state index < -0.39 is 10.0 Å². The highest BCUT2D eigenvalue weighted by atomic mass is 79.9. The molecular formula is C25H23BrCl3N3O3S. The molecule has 1 fully saturated rings. The minimum Gasteiger partial charge on any atom is -0.368 e. The summed E-state index contributed by atoms with van der Waals surface area (Å²) < 4.78 is 29.0. The maximum atomic E-state index is 13.5. The summed E-state index contributed by atoms with van der Waals surface area (Å²) in [7, 11) is -3.97. The SMILES string of the molecule is O=C(CN(Cc1ccc(Cl)c(Cl)c1)S(=O)(=O)c1ccc(Br)cc1)N1CCN(c2cccc(Cl)c2)CC1. The normalized spacial score (nSPS) is 14.4. The lowest BCUT2D eigenvalue weighted by Crippen LogP contribution is -2.51. The van der Waals surface area contributed by atoms with Gasteiger partial charge in [-0.05, 0) is 60.2 Å². The largest absolute Gasteiger partial charge is 0.368 e. The van der Waals surface area contributed by atoms with Crippen molar-refractivity contribution in [3.8, 4) is 0 Å². The Morgan fingerprint density at radius 1 is 0.889 bits per heavy atom. The third-order valence-electron chi connectivity index (χ3n) is 5.91. The topological polar surface area (TPSA) is 60.9 Å². The fourth-order valence-corrected chi connectivity index (χ4v) is 6.11. The van der Waals surface area contributed by atoms with Gasteiger partial charge in [-0.15, -0.1) is 0 Å². The number of halogens is 4. The number of hydrogen-bond donors (Lipinski definition) is 0. The van der Waals surface area contributed by atoms with E-state index in [0.717, 1.165) is 10.2 Å². The van der Waals surface area contributed by atoms with E-state index in [9.17, 15) is 13.2 Å². The van der Waals surface area contributed by atoms with Gasteiger partial charge in [0.25, 0.3) is 0 Å². The molecule has 0 aliphatic carbocycles. The van der Waals surface area contributed by atoms with Crippen LogP contribution >= 0.6 is 50.7 Å². The molecule has 1 saturated heterocycles. The van der Waals surface area contributed by atoms with Crippen molar-refractivity contribution in [3.63, 3.8) is 0 Å². The number of sulfonamides is 1. The Kier molecular flexibility index (Phi) is 8.86. The predicted molar refractivity (Wildman–Crippen MR) is 148 cm³/mol. The quantitative estimate of drug-likeness (QED) is 0.324. The number of carbonyl (C=O) groups is 1. The van der Waals surface area contributed by atoms with Crippen molar-refractivity contribution in [1.29, 1.82) is 0 Å². The Bertz CT molecular complexity index is 1350. The van der Waals surface area contributed by atoms with E-state index in [-0.39, 0.29) is 23.9 Å². The monoisotopic (exact) mass is 629 g/mol. The Morgan fingerprint density at radius 3 is 2.22 bits per heavy atom. The van der Waals surface area contributed by atoms with Gasteiger partial charge in [-0.25, -0.2) is 8.42 Å². The Hall–Kier alpha value is -1.81. The number of rotatable bonds is 7. The number of hydrogen-bond acceptors (Lipinski definition) is 4. The average molecular weight is 632 g/mol. The van der Waals surface area contributed by atoms with Crippen molar-refractivity contribution in [2.45, 2.75) is 11.4 Å². The van der Waals surface area contributed by atoms with Gasteiger partial charge >= 0.3 is 0 Å². The Morgan fingerprint density at radius 2 is 1.58 bits per heavy atom. The van der Waals surface area contributed by atoms with Crippen molar-refractivity contribution in [2.24, 2.45) is 0 Å². The second-order valence-corrected chi connectivity index (χ2v) is 12.4. The molecule has 3 aromatic rings. The molecule has 36 heavy (non-hydrogen) atoms. The molecule has 0 unspecified atom stereocenters. The molecule has 11 heteroatoms. The fourth-order valence-electron chi connectivity index (χ4n) is 3.96. The van der Waals surface area contributed by atoms with Gasteiger partial charge in [-0.1, -0.05) is 62.9 Å². The smallest absolute Gasteiger partial charge is 0.243 e. The molecule has 6 nitrogen and oxygen atoms in total. The molecule has 0 saturated carbocycles. The van der Waals surface area contributed by atoms with Crippen LogP contribution < -0.4 is 4.90 Å². The van der Waals surface area contributed by atoms with E-state index in [1.54, 1.807) is 35.2 Å². The molecule has 0 aromatic heterocycles. The minimum atomic E-state index is -3.97. The summed E-state index contributed by atoms with van der Waals surface area (Å²) in [5.74, 6) is -0.263. The summed E-state index contributed by atoms with van der Waals surface area (Å²) in [5.41, 5.74) is 1.62. The van der Waals surface area contributed by atoms with Crippen LogP contribution in [0, 0.1) is 0 Å². The minimum absolute atomic E-state index is 0.0243. The standard InChI is InChI=1S/C25H23BrCl3N3O3S/c26-19-5-7-22(8-6-19)36(34,35)32(16-18-4-9-23(28)24(29)14-18)17-25(33)31-12-10-30(11-13-31)21-3-1-2-20(27)15-21/h1-9,14-15H,10-13,16-17H2. The van der Waals surface area contributed by atoms with Gasteiger partial charge < -0.3 is 9.80 Å². The Balaban J connectivity index is 1.52. The summed E-state index contributed by atoms with van der Waals surface area (Å²) in [6, 6.07) is 18.8. The number of carbonyl (C=O) groups excluding carboxylic acids is 1. The Labute approximate surface area is 234 Å². The summed E-state index contributed by atoms with van der Waals surface area (Å²) in [4.78, 5) is 17.2. The number of piperazine rings is 1. The molecule has 0 N–H and O–H groups in total. The number of anilines is 1. The van der Waals surface area contributed by atoms with Gasteiger partial charge in [0.05, 0.1) is 21.5 Å². The second kappa shape index (κ2) is 11.7. The molecule has 1 aliphatic rings. The molecule has 0 bridgehead atoms. The third kappa shape index (κ3) is 6.54. The molecule has 1 aliphatic heterocycles. The first-order chi connectivity index (χ1) is 17.1. The first kappa shape index (κ1) is 27.2. The van der Waals surface area contributed by atoms with Crippen LogP contribution in [0.1, 0.15) is 5.56 Å². The highest BCUT2D eigenvalue weighted by molar-refractivity contribution is 9.10. The lowest BCUT2D eigenvalue weighted by molar-refractivity contribution is -0.131. The molecule has 0 spiro atoms. The first-order valence-corrected chi connectivity index (χ1v) is 14.5. The molecule has 3 aromatic carbocycles. The van der Waals surface area contributed by atoms with Crippen LogP contribution in [0.3, 0.4) is 0 Å². The van der Waals surface area contributed by atoms with Crippen molar-refractivity contribution in [1.82, 2.24) is 9.21 Å². The maximum absolute atomic E-state index is 13.5. The van der Waals surface area contributed by atoms with Crippen LogP contribution in [0.15, 0.2) is 76.1 Å². The van der Waals surface area contributed by atoms with Crippen molar-refractivity contribution in [3.05, 3.63) is 91.8 Å². The lowest BCUT2D eigenvalue weighted by Gasteiger charge is -2.37. The zero-order valence-corrected chi connectivity index (χ0v) is 23.8. The molecular weight excluding hydrogens is 609 g/mol. The number of amides is 1. The van der Waals surface area contributed by atoms with E-state index in [1.165, 1.54) is 16.4 Å². The summed E-state index contributed by atoms with van der Waals surface area (Å²) >= 11 is 21.6. The summed E-state index contributed by atoms with van der Waals surface area (Å²) in [6.07, 6.45) is 0. The molecule has 0 atom stereocenters. The van der Waals surface area contributed by atoms with Crippen LogP contribution in [-0.4, -0.2) is 56.3 Å². The average Bonchev–Trinajstić information content (AvgIpc) is 2.86. The molecule has 0 radical (unpaired) electrons. The molecule has 1 heterocycles. The maximum Gasteiger partial charge on any atom is 0.243 e. The molecule has 4 rings (SSSR count). The van der Waals surface area contributed by atoms with E-state index in [0.29, 0.717) is 46.8 Å². The number of nitrogens with zero attached hydrogens (tertiary/aromatic N) is 3. The van der Waals surface area contributed by atoms with Crippen LogP contribution in [0.25, 0.3) is 0 Å². The van der Waals surface area contributed by atoms with Crippen LogP contribution in [0.5, 0.6) is 0 Å². The lowest BCUT2D eigenvalue weighted by atomic mass is 10.2. The van der Waals surface area contributed by atoms with Gasteiger partial charge in [0.2, 0.25) is 15.9 Å². The van der Waals surface area contributed by atoms with Gasteiger partial charge in [0.1, 0.15) is 0 Å². The van der Waals surface area contributed by atoms with Crippen LogP contribution in [0.2, 0.25) is 15.1 Å². The van der Waals surface area contributed by atoms with Crippen LogP contribution in [0.4, 0.5) is 5.69 Å². The predicted octanol–water partition coefficient (Wildman–Crippen LogP) is 5.95. The van der Waals surface area contributed by atoms with Crippen molar-refractivity contribution >= 4 is 72.4 Å². The van der Waals surface area contributed by atoms with Gasteiger partial charge in [0, 0.05) is 47.9 Å². The van der Waals surface area contributed by atoms with Gasteiger partial charge in [0.15, 0.2) is 0 Å². The second-order valence-electron chi connectivity index (χ2n) is 8.32. The highest BCUT2D eigenvalue weighted by Gasteiger charge is 2.30. The van der Waals surface area contributed by atoms with Crippen LogP contribution in [-0.2, 0) is 21.4 Å². The molecule has 190 valence electrons. The zero-order chi connectivity index (χ0) is 25.9. The van der Waals surface area contributed by atoms with Crippen molar-refractivity contribution < 1.29 is 13.2 Å². The zero-order valence-electron chi connectivity index (χ0n) is 19.1. The van der Waals surface area contributed by atoms with Gasteiger partial charge in [-0.3, -0.25) is 4.79 Å². The van der Waals surface area contributed by atoms with Gasteiger partial charge in [-0.2, -0.15) is 4.31 Å². The summed E-state index contributed by atoms with van der Waals surface area (Å²) in [6.45, 7) is 1.88. The third-order valence-corrected chi connectivity index (χ3v) is 9.22. The summed E-state index contributed by atoms with van der Waals surface area (Å²) in [5, 5.41) is 1.34. The van der Waals surface area contributed by atoms with E-state index in [2.05, 4.69) is 20.8 Å². The molecule has 1 amide bonds. The van der Waals surface area contributed by atoms with E-state index in [4.69, 9.17) is 34.8 Å².